The molecule has 288 valence electrons. The van der Waals surface area contributed by atoms with Crippen LogP contribution in [0.15, 0.2) is 97.3 Å². The minimum atomic E-state index is -0.288. The molecule has 1 N–H and O–H groups in total. The lowest BCUT2D eigenvalue weighted by Gasteiger charge is -2.35. The van der Waals surface area contributed by atoms with Crippen LogP contribution in [0.1, 0.15) is 61.2 Å². The van der Waals surface area contributed by atoms with Crippen LogP contribution in [0.3, 0.4) is 0 Å². The summed E-state index contributed by atoms with van der Waals surface area (Å²) in [5, 5.41) is 14.4. The maximum atomic E-state index is 14.9. The molecule has 2 aromatic heterocycles. The summed E-state index contributed by atoms with van der Waals surface area (Å²) >= 11 is 0. The molecule has 0 bridgehead atoms. The number of benzene rings is 4. The molecule has 57 heavy (non-hydrogen) atoms. The number of aryl methyl sites for hydroxylation is 1. The number of hydrogen-bond donors (Lipinski definition) is 1. The largest absolute Gasteiger partial charge is 0.508 e. The number of hydrogen-bond acceptors (Lipinski definition) is 7. The Morgan fingerprint density at radius 2 is 1.56 bits per heavy atom. The topological polar surface area (TPSA) is 122 Å². The van der Waals surface area contributed by atoms with Gasteiger partial charge >= 0.3 is 0 Å². The first-order valence-electron chi connectivity index (χ1n) is 19.0. The zero-order valence-electron chi connectivity index (χ0n) is 32.2. The number of anilines is 2. The molecule has 1 atom stereocenters. The van der Waals surface area contributed by atoms with E-state index < -0.39 is 0 Å². The highest BCUT2D eigenvalue weighted by Gasteiger charge is 2.34. The fourth-order valence-corrected chi connectivity index (χ4v) is 8.26. The first-order chi connectivity index (χ1) is 27.5. The number of ether oxygens (including phenoxy) is 2. The third-order valence-electron chi connectivity index (χ3n) is 11.5. The van der Waals surface area contributed by atoms with Crippen molar-refractivity contribution in [2.24, 2.45) is 14.1 Å². The van der Waals surface area contributed by atoms with E-state index in [2.05, 4.69) is 24.2 Å². The van der Waals surface area contributed by atoms with E-state index >= 15 is 0 Å². The zero-order chi connectivity index (χ0) is 39.5. The lowest BCUT2D eigenvalue weighted by Crippen LogP contribution is -2.42. The summed E-state index contributed by atoms with van der Waals surface area (Å²) in [5.74, 6) is 0.963. The summed E-state index contributed by atoms with van der Waals surface area (Å²) in [4.78, 5) is 48.7. The standard InChI is InChI=1S/C45H42N6O6/c1-27-15-30-7-5-6-8-31(30)24-50(27)44(54)39-19-33-23-49(43(53)17-29-9-14-41-42(16-29)57-26-56-41)22-32(33)18-38(39)40-20-37(28(2)48(40)4)45(55)51(35-21-46-47(3)25-35)34-10-12-36(52)13-11-34/h5-14,16,18-21,25,27,52H,15,17,22-24,26H2,1-4H3/t27-/m1/s1. The molecule has 0 aliphatic carbocycles. The molecular weight excluding hydrogens is 721 g/mol. The van der Waals surface area contributed by atoms with E-state index in [0.29, 0.717) is 70.6 Å². The van der Waals surface area contributed by atoms with Gasteiger partial charge in [0.1, 0.15) is 5.75 Å². The second-order valence-electron chi connectivity index (χ2n) is 15.2. The van der Waals surface area contributed by atoms with E-state index in [9.17, 15) is 19.5 Å². The number of aromatic hydroxyl groups is 1. The van der Waals surface area contributed by atoms with Gasteiger partial charge in [-0.05, 0) is 103 Å². The molecule has 9 rings (SSSR count). The highest BCUT2D eigenvalue weighted by Crippen LogP contribution is 2.38. The minimum Gasteiger partial charge on any atom is -0.508 e. The lowest BCUT2D eigenvalue weighted by atomic mass is 9.92. The third kappa shape index (κ3) is 6.46. The molecule has 3 aliphatic rings. The number of amides is 3. The summed E-state index contributed by atoms with van der Waals surface area (Å²) in [6, 6.07) is 26.1. The van der Waals surface area contributed by atoms with Crippen LogP contribution < -0.4 is 14.4 Å². The molecule has 0 unspecified atom stereocenters. The number of fused-ring (bicyclic) bond motifs is 3. The van der Waals surface area contributed by atoms with Gasteiger partial charge in [-0.2, -0.15) is 5.10 Å². The number of rotatable bonds is 7. The van der Waals surface area contributed by atoms with Crippen LogP contribution in [0.4, 0.5) is 11.4 Å². The van der Waals surface area contributed by atoms with Crippen molar-refractivity contribution < 1.29 is 29.0 Å². The number of aromatic nitrogens is 3. The number of nitrogens with zero attached hydrogens (tertiary/aromatic N) is 6. The Morgan fingerprint density at radius 3 is 2.32 bits per heavy atom. The maximum absolute atomic E-state index is 14.9. The van der Waals surface area contributed by atoms with E-state index in [4.69, 9.17) is 9.47 Å². The van der Waals surface area contributed by atoms with Gasteiger partial charge in [-0.3, -0.25) is 24.0 Å². The molecular formula is C45H42N6O6. The summed E-state index contributed by atoms with van der Waals surface area (Å²) in [5.41, 5.74) is 9.27. The predicted molar refractivity (Wildman–Crippen MR) is 213 cm³/mol. The molecule has 3 amide bonds. The van der Waals surface area contributed by atoms with Gasteiger partial charge in [0.05, 0.1) is 23.9 Å². The maximum Gasteiger partial charge on any atom is 0.264 e. The van der Waals surface area contributed by atoms with Crippen molar-refractivity contribution in [3.63, 3.8) is 0 Å². The second-order valence-corrected chi connectivity index (χ2v) is 15.2. The van der Waals surface area contributed by atoms with Gasteiger partial charge in [-0.15, -0.1) is 0 Å². The van der Waals surface area contributed by atoms with Crippen LogP contribution in [0.2, 0.25) is 0 Å². The Balaban J connectivity index is 1.10. The van der Waals surface area contributed by atoms with Crippen LogP contribution in [0.25, 0.3) is 11.3 Å². The van der Waals surface area contributed by atoms with Gasteiger partial charge in [-0.1, -0.05) is 30.3 Å². The van der Waals surface area contributed by atoms with Crippen molar-refractivity contribution in [3.8, 4) is 28.5 Å². The average molecular weight is 763 g/mol. The molecule has 6 aromatic rings. The van der Waals surface area contributed by atoms with Crippen molar-refractivity contribution in [2.75, 3.05) is 11.7 Å². The normalized spacial score (nSPS) is 15.4. The molecule has 0 saturated heterocycles. The van der Waals surface area contributed by atoms with Crippen LogP contribution >= 0.6 is 0 Å². The average Bonchev–Trinajstić information content (AvgIpc) is 4.01. The highest BCUT2D eigenvalue weighted by atomic mass is 16.7. The fraction of sp³-hybridized carbons (Fsp3) is 0.244. The van der Waals surface area contributed by atoms with Crippen molar-refractivity contribution >= 4 is 29.1 Å². The predicted octanol–water partition coefficient (Wildman–Crippen LogP) is 6.82. The molecule has 0 fully saturated rings. The molecule has 4 aromatic carbocycles. The molecule has 12 nitrogen and oxygen atoms in total. The highest BCUT2D eigenvalue weighted by molar-refractivity contribution is 6.12. The molecule has 3 aliphatic heterocycles. The van der Waals surface area contributed by atoms with Crippen molar-refractivity contribution in [1.29, 1.82) is 0 Å². The monoisotopic (exact) mass is 762 g/mol. The van der Waals surface area contributed by atoms with Crippen molar-refractivity contribution in [3.05, 3.63) is 142 Å². The van der Waals surface area contributed by atoms with E-state index in [1.807, 2.05) is 76.9 Å². The number of phenolic OH excluding ortho intramolecular Hbond substituents is 1. The Morgan fingerprint density at radius 1 is 0.825 bits per heavy atom. The van der Waals surface area contributed by atoms with E-state index in [-0.39, 0.29) is 42.7 Å². The lowest BCUT2D eigenvalue weighted by molar-refractivity contribution is -0.131. The van der Waals surface area contributed by atoms with Gasteiger partial charge in [0.2, 0.25) is 12.7 Å². The first kappa shape index (κ1) is 35.9. The zero-order valence-corrected chi connectivity index (χ0v) is 32.2. The Labute approximate surface area is 330 Å². The SMILES string of the molecule is Cc1c(C(=O)N(c2ccc(O)cc2)c2cnn(C)c2)cc(-c2cc3c(cc2C(=O)N2Cc4ccccc4C[C@H]2C)CN(C(=O)Cc2ccc4c(c2)OCO4)C3)n1C. The van der Waals surface area contributed by atoms with Gasteiger partial charge in [0, 0.05) is 74.2 Å². The van der Waals surface area contributed by atoms with E-state index in [0.717, 1.165) is 28.7 Å². The number of carbonyl (C=O) groups excluding carboxylic acids is 3. The quantitative estimate of drug-likeness (QED) is 0.190. The van der Waals surface area contributed by atoms with Gasteiger partial charge in [-0.25, -0.2) is 0 Å². The Bertz CT molecular complexity index is 2590. The molecule has 0 spiro atoms. The fourth-order valence-electron chi connectivity index (χ4n) is 8.26. The van der Waals surface area contributed by atoms with E-state index in [1.54, 1.807) is 53.3 Å². The van der Waals surface area contributed by atoms with Crippen LogP contribution in [-0.4, -0.2) is 59.8 Å². The Hall–Kier alpha value is -6.82. The van der Waals surface area contributed by atoms with Gasteiger partial charge in [0.25, 0.3) is 11.8 Å². The van der Waals surface area contributed by atoms with Crippen LogP contribution in [0, 0.1) is 6.92 Å². The summed E-state index contributed by atoms with van der Waals surface area (Å²) in [6.07, 6.45) is 4.33. The smallest absolute Gasteiger partial charge is 0.264 e. The first-order valence-corrected chi connectivity index (χ1v) is 19.0. The van der Waals surface area contributed by atoms with Gasteiger partial charge < -0.3 is 28.9 Å². The minimum absolute atomic E-state index is 0.0342. The summed E-state index contributed by atoms with van der Waals surface area (Å²) < 4.78 is 14.6. The summed E-state index contributed by atoms with van der Waals surface area (Å²) in [7, 11) is 3.69. The Kier molecular flexibility index (Phi) is 8.83. The molecule has 0 radical (unpaired) electrons. The number of phenols is 1. The number of carbonyl (C=O) groups is 3. The molecule has 12 heteroatoms. The third-order valence-corrected chi connectivity index (χ3v) is 11.5. The van der Waals surface area contributed by atoms with Crippen molar-refractivity contribution in [1.82, 2.24) is 24.1 Å². The van der Waals surface area contributed by atoms with Crippen LogP contribution in [0.5, 0.6) is 17.2 Å². The molecule has 5 heterocycles. The second kappa shape index (κ2) is 14.0. The molecule has 0 saturated carbocycles. The van der Waals surface area contributed by atoms with Crippen molar-refractivity contribution in [2.45, 2.75) is 52.4 Å². The van der Waals surface area contributed by atoms with Gasteiger partial charge in [0.15, 0.2) is 11.5 Å². The summed E-state index contributed by atoms with van der Waals surface area (Å²) in [6.45, 7) is 5.38. The van der Waals surface area contributed by atoms with E-state index in [1.165, 1.54) is 5.56 Å². The van der Waals surface area contributed by atoms with Crippen LogP contribution in [-0.2, 0) is 51.4 Å².